The predicted molar refractivity (Wildman–Crippen MR) is 85.5 cm³/mol. The number of aryl methyl sites for hydroxylation is 1. The quantitative estimate of drug-likeness (QED) is 0.805. The van der Waals surface area contributed by atoms with Crippen LogP contribution in [-0.4, -0.2) is 18.0 Å². The van der Waals surface area contributed by atoms with Gasteiger partial charge in [-0.1, -0.05) is 42.5 Å². The summed E-state index contributed by atoms with van der Waals surface area (Å²) in [5.41, 5.74) is 4.91. The van der Waals surface area contributed by atoms with Crippen molar-refractivity contribution in [3.05, 3.63) is 77.1 Å². The zero-order valence-corrected chi connectivity index (χ0v) is 12.3. The molecule has 2 heteroatoms. The van der Waals surface area contributed by atoms with Crippen LogP contribution >= 0.6 is 0 Å². The minimum absolute atomic E-state index is 0.154. The van der Waals surface area contributed by atoms with Gasteiger partial charge in [-0.3, -0.25) is 4.90 Å². The third kappa shape index (κ3) is 3.40. The Morgan fingerprint density at radius 1 is 1.10 bits per heavy atom. The van der Waals surface area contributed by atoms with Crippen LogP contribution in [0.4, 0.5) is 4.39 Å². The maximum absolute atomic E-state index is 13.2. The van der Waals surface area contributed by atoms with Crippen LogP contribution < -0.4 is 0 Å². The van der Waals surface area contributed by atoms with E-state index in [4.69, 9.17) is 0 Å². The van der Waals surface area contributed by atoms with Crippen LogP contribution in [0.3, 0.4) is 0 Å². The maximum Gasteiger partial charge on any atom is 0.123 e. The summed E-state index contributed by atoms with van der Waals surface area (Å²) in [4.78, 5) is 2.44. The molecule has 2 aromatic rings. The summed E-state index contributed by atoms with van der Waals surface area (Å²) in [6.07, 6.45) is 3.31. The van der Waals surface area contributed by atoms with Crippen LogP contribution in [-0.2, 0) is 6.54 Å². The molecule has 0 fully saturated rings. The van der Waals surface area contributed by atoms with Crippen molar-refractivity contribution in [1.29, 1.82) is 0 Å². The first-order valence-corrected chi connectivity index (χ1v) is 7.44. The summed E-state index contributed by atoms with van der Waals surface area (Å²) >= 11 is 0. The van der Waals surface area contributed by atoms with Gasteiger partial charge < -0.3 is 0 Å². The van der Waals surface area contributed by atoms with E-state index >= 15 is 0 Å². The Morgan fingerprint density at radius 2 is 1.90 bits per heavy atom. The molecular weight excluding hydrogens is 261 g/mol. The zero-order chi connectivity index (χ0) is 14.7. The van der Waals surface area contributed by atoms with Gasteiger partial charge in [0.15, 0.2) is 0 Å². The third-order valence-electron chi connectivity index (χ3n) is 4.08. The number of nitrogens with zero attached hydrogens (tertiary/aromatic N) is 1. The summed E-state index contributed by atoms with van der Waals surface area (Å²) in [5.74, 6) is -0.154. The molecule has 0 radical (unpaired) electrons. The lowest BCUT2D eigenvalue weighted by molar-refractivity contribution is 0.294. The van der Waals surface area contributed by atoms with Crippen LogP contribution in [0.2, 0.25) is 0 Å². The zero-order valence-electron chi connectivity index (χ0n) is 12.3. The van der Waals surface area contributed by atoms with E-state index in [2.05, 4.69) is 41.3 Å². The topological polar surface area (TPSA) is 3.24 Å². The van der Waals surface area contributed by atoms with E-state index in [1.165, 1.54) is 16.7 Å². The Hall–Kier alpha value is -1.93. The normalized spacial score (nSPS) is 15.8. The lowest BCUT2D eigenvalue weighted by Gasteiger charge is -2.27. The molecule has 1 aliphatic heterocycles. The molecule has 3 rings (SSSR count). The molecule has 1 heterocycles. The van der Waals surface area contributed by atoms with Gasteiger partial charge in [0.2, 0.25) is 0 Å². The van der Waals surface area contributed by atoms with Gasteiger partial charge in [0.25, 0.3) is 0 Å². The Bertz CT molecular complexity index is 646. The minimum Gasteiger partial charge on any atom is -0.295 e. The molecule has 0 aromatic heterocycles. The van der Waals surface area contributed by atoms with Crippen molar-refractivity contribution in [3.63, 3.8) is 0 Å². The lowest BCUT2D eigenvalue weighted by atomic mass is 9.95. The Morgan fingerprint density at radius 3 is 2.57 bits per heavy atom. The molecule has 0 bridgehead atoms. The van der Waals surface area contributed by atoms with E-state index in [0.717, 1.165) is 31.6 Å². The molecule has 0 spiro atoms. The van der Waals surface area contributed by atoms with Crippen LogP contribution in [0.15, 0.2) is 54.6 Å². The molecule has 0 N–H and O–H groups in total. The van der Waals surface area contributed by atoms with Crippen molar-refractivity contribution in [2.24, 2.45) is 0 Å². The molecule has 21 heavy (non-hydrogen) atoms. The van der Waals surface area contributed by atoms with Crippen LogP contribution in [0.1, 0.15) is 23.1 Å². The molecule has 0 amide bonds. The van der Waals surface area contributed by atoms with Crippen LogP contribution in [0, 0.1) is 12.7 Å². The van der Waals surface area contributed by atoms with Gasteiger partial charge >= 0.3 is 0 Å². The fraction of sp³-hybridized carbons (Fsp3) is 0.263. The standard InChI is InChI=1S/C19H20FN/c1-15-13-18(20)7-8-19(15)17-9-11-21(12-10-17)14-16-5-3-2-4-6-16/h2-9,13H,10-12,14H2,1H3. The van der Waals surface area contributed by atoms with Crippen LogP contribution in [0.5, 0.6) is 0 Å². The van der Waals surface area contributed by atoms with E-state index in [9.17, 15) is 4.39 Å². The van der Waals surface area contributed by atoms with E-state index in [-0.39, 0.29) is 5.82 Å². The fourth-order valence-electron chi connectivity index (χ4n) is 2.93. The van der Waals surface area contributed by atoms with Gasteiger partial charge in [-0.2, -0.15) is 0 Å². The summed E-state index contributed by atoms with van der Waals surface area (Å²) < 4.78 is 13.2. The number of hydrogen-bond acceptors (Lipinski definition) is 1. The first kappa shape index (κ1) is 14.0. The number of rotatable bonds is 3. The maximum atomic E-state index is 13.2. The Labute approximate surface area is 125 Å². The predicted octanol–water partition coefficient (Wildman–Crippen LogP) is 4.42. The monoisotopic (exact) mass is 281 g/mol. The smallest absolute Gasteiger partial charge is 0.123 e. The van der Waals surface area contributed by atoms with E-state index in [1.807, 2.05) is 13.0 Å². The molecule has 1 aliphatic rings. The lowest BCUT2D eigenvalue weighted by Crippen LogP contribution is -2.28. The van der Waals surface area contributed by atoms with E-state index in [0.29, 0.717) is 0 Å². The average Bonchev–Trinajstić information content (AvgIpc) is 2.49. The second-order valence-electron chi connectivity index (χ2n) is 5.66. The SMILES string of the molecule is Cc1cc(F)ccc1C1=CCN(Cc2ccccc2)CC1. The number of hydrogen-bond donors (Lipinski definition) is 0. The molecule has 2 aromatic carbocycles. The van der Waals surface area contributed by atoms with Crippen molar-refractivity contribution in [2.45, 2.75) is 19.9 Å². The molecule has 0 atom stereocenters. The minimum atomic E-state index is -0.154. The van der Waals surface area contributed by atoms with Crippen molar-refractivity contribution < 1.29 is 4.39 Å². The first-order valence-electron chi connectivity index (χ1n) is 7.44. The second-order valence-corrected chi connectivity index (χ2v) is 5.66. The highest BCUT2D eigenvalue weighted by Gasteiger charge is 2.14. The molecular formula is C19H20FN. The highest BCUT2D eigenvalue weighted by atomic mass is 19.1. The largest absolute Gasteiger partial charge is 0.295 e. The molecule has 108 valence electrons. The number of halogens is 1. The Kier molecular flexibility index (Phi) is 4.16. The van der Waals surface area contributed by atoms with Crippen molar-refractivity contribution in [1.82, 2.24) is 4.90 Å². The molecule has 0 saturated heterocycles. The van der Waals surface area contributed by atoms with Gasteiger partial charge in [-0.05, 0) is 47.7 Å². The summed E-state index contributed by atoms with van der Waals surface area (Å²) in [5, 5.41) is 0. The van der Waals surface area contributed by atoms with E-state index in [1.54, 1.807) is 12.1 Å². The van der Waals surface area contributed by atoms with Crippen LogP contribution in [0.25, 0.3) is 5.57 Å². The van der Waals surface area contributed by atoms with Gasteiger partial charge in [0.1, 0.15) is 5.82 Å². The first-order chi connectivity index (χ1) is 10.2. The highest BCUT2D eigenvalue weighted by molar-refractivity contribution is 5.69. The molecule has 1 nitrogen and oxygen atoms in total. The van der Waals surface area contributed by atoms with Crippen molar-refractivity contribution in [2.75, 3.05) is 13.1 Å². The van der Waals surface area contributed by atoms with Gasteiger partial charge in [0, 0.05) is 19.6 Å². The van der Waals surface area contributed by atoms with Gasteiger partial charge in [-0.15, -0.1) is 0 Å². The molecule has 0 unspecified atom stereocenters. The highest BCUT2D eigenvalue weighted by Crippen LogP contribution is 2.26. The van der Waals surface area contributed by atoms with Crippen molar-refractivity contribution >= 4 is 5.57 Å². The third-order valence-corrected chi connectivity index (χ3v) is 4.08. The molecule has 0 aliphatic carbocycles. The number of benzene rings is 2. The summed E-state index contributed by atoms with van der Waals surface area (Å²) in [6, 6.07) is 15.6. The molecule has 0 saturated carbocycles. The summed E-state index contributed by atoms with van der Waals surface area (Å²) in [7, 11) is 0. The Balaban J connectivity index is 1.69. The summed E-state index contributed by atoms with van der Waals surface area (Å²) in [6.45, 7) is 4.99. The van der Waals surface area contributed by atoms with E-state index < -0.39 is 0 Å². The fourth-order valence-corrected chi connectivity index (χ4v) is 2.93. The second kappa shape index (κ2) is 6.23. The van der Waals surface area contributed by atoms with Gasteiger partial charge in [0.05, 0.1) is 0 Å². The van der Waals surface area contributed by atoms with Crippen molar-refractivity contribution in [3.8, 4) is 0 Å². The average molecular weight is 281 g/mol. The van der Waals surface area contributed by atoms with Gasteiger partial charge in [-0.25, -0.2) is 4.39 Å².